The molecule has 0 aromatic carbocycles. The van der Waals surface area contributed by atoms with Crippen molar-refractivity contribution in [1.29, 1.82) is 0 Å². The predicted octanol–water partition coefficient (Wildman–Crippen LogP) is 1.24. The van der Waals surface area contributed by atoms with Gasteiger partial charge in [-0.2, -0.15) is 0 Å². The van der Waals surface area contributed by atoms with Crippen molar-refractivity contribution in [2.45, 2.75) is 51.4 Å². The summed E-state index contributed by atoms with van der Waals surface area (Å²) in [6.07, 6.45) is 10.0. The summed E-state index contributed by atoms with van der Waals surface area (Å²) in [7, 11) is 0. The Morgan fingerprint density at radius 3 is 1.72 bits per heavy atom. The van der Waals surface area contributed by atoms with Gasteiger partial charge in [0.25, 0.3) is 0 Å². The zero-order valence-electron chi connectivity index (χ0n) is 15.8. The first-order chi connectivity index (χ1) is 12.4. The molecule has 0 spiro atoms. The molecule has 0 fully saturated rings. The Morgan fingerprint density at radius 1 is 0.520 bits per heavy atom. The van der Waals surface area contributed by atoms with Crippen LogP contribution in [-0.4, -0.2) is 76.1 Å². The highest BCUT2D eigenvalue weighted by Crippen LogP contribution is 2.08. The maximum atomic E-state index is 8.56. The Bertz CT molecular complexity index is 214. The average Bonchev–Trinajstić information content (AvgIpc) is 2.63. The first-order valence-corrected chi connectivity index (χ1v) is 9.84. The van der Waals surface area contributed by atoms with E-state index < -0.39 is 0 Å². The fraction of sp³-hybridized carbons (Fsp3) is 1.00. The molecule has 0 saturated carbocycles. The van der Waals surface area contributed by atoms with Crippen LogP contribution in [0.5, 0.6) is 0 Å². The van der Waals surface area contributed by atoms with E-state index in [9.17, 15) is 0 Å². The number of aliphatic hydroxyl groups excluding tert-OH is 2. The van der Waals surface area contributed by atoms with Crippen LogP contribution in [0.3, 0.4) is 0 Å². The van der Waals surface area contributed by atoms with E-state index in [1.165, 1.54) is 44.9 Å². The maximum absolute atomic E-state index is 8.56. The Morgan fingerprint density at radius 2 is 1.08 bits per heavy atom. The van der Waals surface area contributed by atoms with Gasteiger partial charge < -0.3 is 29.8 Å². The highest BCUT2D eigenvalue weighted by molar-refractivity contribution is 4.50. The molecular weight excluding hydrogens is 324 g/mol. The van der Waals surface area contributed by atoms with Gasteiger partial charge in [-0.25, -0.2) is 5.48 Å². The highest BCUT2D eigenvalue weighted by atomic mass is 16.6. The van der Waals surface area contributed by atoms with E-state index >= 15 is 0 Å². The Balaban J connectivity index is 2.94. The van der Waals surface area contributed by atoms with E-state index in [0.29, 0.717) is 33.0 Å². The molecule has 0 bridgehead atoms. The molecule has 0 aliphatic rings. The van der Waals surface area contributed by atoms with Crippen molar-refractivity contribution < 1.29 is 24.5 Å². The van der Waals surface area contributed by atoms with E-state index in [4.69, 9.17) is 24.5 Å². The Hall–Kier alpha value is -0.280. The van der Waals surface area contributed by atoms with E-state index in [-0.39, 0.29) is 13.2 Å². The normalized spacial score (nSPS) is 11.3. The number of aliphatic hydroxyl groups is 2. The number of nitrogens with one attached hydrogen (secondary N) is 2. The summed E-state index contributed by atoms with van der Waals surface area (Å²) in [5, 5.41) is 20.4. The fourth-order valence-electron chi connectivity index (χ4n) is 2.35. The van der Waals surface area contributed by atoms with Crippen molar-refractivity contribution in [2.24, 2.45) is 0 Å². The van der Waals surface area contributed by atoms with Crippen LogP contribution < -0.4 is 10.8 Å². The van der Waals surface area contributed by atoms with Gasteiger partial charge in [-0.15, -0.1) is 0 Å². The van der Waals surface area contributed by atoms with Crippen LogP contribution in [0.2, 0.25) is 0 Å². The minimum atomic E-state index is 0.0687. The lowest BCUT2D eigenvalue weighted by Crippen LogP contribution is -2.21. The molecule has 7 nitrogen and oxygen atoms in total. The van der Waals surface area contributed by atoms with Gasteiger partial charge >= 0.3 is 0 Å². The average molecular weight is 365 g/mol. The predicted molar refractivity (Wildman–Crippen MR) is 99.6 cm³/mol. The molecule has 0 atom stereocenters. The number of unbranched alkanes of at least 4 members (excludes halogenated alkanes) is 7. The number of hydroxylamine groups is 1. The van der Waals surface area contributed by atoms with Gasteiger partial charge in [-0.3, -0.25) is 0 Å². The number of hydrogen-bond acceptors (Lipinski definition) is 7. The van der Waals surface area contributed by atoms with Crippen LogP contribution in [0, 0.1) is 0 Å². The summed E-state index contributed by atoms with van der Waals surface area (Å²) in [5.41, 5.74) is 2.86. The summed E-state index contributed by atoms with van der Waals surface area (Å²) in [6.45, 7) is 5.56. The lowest BCUT2D eigenvalue weighted by atomic mass is 10.1. The van der Waals surface area contributed by atoms with Gasteiger partial charge in [0.15, 0.2) is 0 Å². The summed E-state index contributed by atoms with van der Waals surface area (Å²) in [5.74, 6) is 0. The summed E-state index contributed by atoms with van der Waals surface area (Å²) >= 11 is 0. The van der Waals surface area contributed by atoms with Crippen LogP contribution in [0.25, 0.3) is 0 Å². The minimum absolute atomic E-state index is 0.0687. The molecule has 0 rings (SSSR count). The molecule has 0 saturated heterocycles. The molecule has 0 unspecified atom stereocenters. The van der Waals surface area contributed by atoms with E-state index in [1.54, 1.807) is 0 Å². The van der Waals surface area contributed by atoms with Crippen LogP contribution in [-0.2, 0) is 14.3 Å². The second-order valence-corrected chi connectivity index (χ2v) is 5.99. The van der Waals surface area contributed by atoms with Crippen molar-refractivity contribution in [1.82, 2.24) is 10.8 Å². The third-order valence-electron chi connectivity index (χ3n) is 3.69. The molecule has 25 heavy (non-hydrogen) atoms. The molecule has 0 amide bonds. The van der Waals surface area contributed by atoms with Crippen molar-refractivity contribution in [3.63, 3.8) is 0 Å². The lowest BCUT2D eigenvalue weighted by molar-refractivity contribution is 0.0136. The number of ether oxygens (including phenoxy) is 2. The molecule has 0 aliphatic carbocycles. The third kappa shape index (κ3) is 23.7. The molecule has 152 valence electrons. The van der Waals surface area contributed by atoms with Crippen molar-refractivity contribution >= 4 is 0 Å². The monoisotopic (exact) mass is 364 g/mol. The second-order valence-electron chi connectivity index (χ2n) is 5.99. The van der Waals surface area contributed by atoms with Gasteiger partial charge in [-0.1, -0.05) is 38.5 Å². The quantitative estimate of drug-likeness (QED) is 0.170. The van der Waals surface area contributed by atoms with Crippen molar-refractivity contribution in [3.8, 4) is 0 Å². The molecule has 0 heterocycles. The Kier molecular flexibility index (Phi) is 23.5. The summed E-state index contributed by atoms with van der Waals surface area (Å²) < 4.78 is 10.3. The smallest absolute Gasteiger partial charge is 0.0698 e. The highest BCUT2D eigenvalue weighted by Gasteiger charge is 1.94. The van der Waals surface area contributed by atoms with E-state index in [1.807, 2.05) is 0 Å². The minimum Gasteiger partial charge on any atom is -0.394 e. The molecule has 0 aromatic rings. The zero-order chi connectivity index (χ0) is 18.3. The fourth-order valence-corrected chi connectivity index (χ4v) is 2.35. The van der Waals surface area contributed by atoms with Gasteiger partial charge in [-0.05, 0) is 19.4 Å². The molecule has 0 aliphatic heterocycles. The van der Waals surface area contributed by atoms with Crippen LogP contribution in [0.4, 0.5) is 0 Å². The lowest BCUT2D eigenvalue weighted by Gasteiger charge is -2.06. The van der Waals surface area contributed by atoms with Gasteiger partial charge in [0, 0.05) is 13.1 Å². The Labute approximate surface area is 153 Å². The SMILES string of the molecule is OCCOCCNCCCCCCCCCCONCCOCCO. The van der Waals surface area contributed by atoms with E-state index in [2.05, 4.69) is 10.8 Å². The van der Waals surface area contributed by atoms with Crippen LogP contribution in [0.15, 0.2) is 0 Å². The molecule has 4 N–H and O–H groups in total. The first-order valence-electron chi connectivity index (χ1n) is 9.84. The molecular formula is C18H40N2O5. The van der Waals surface area contributed by atoms with Gasteiger partial charge in [0.2, 0.25) is 0 Å². The topological polar surface area (TPSA) is 92.2 Å². The van der Waals surface area contributed by atoms with Crippen LogP contribution >= 0.6 is 0 Å². The van der Waals surface area contributed by atoms with Gasteiger partial charge in [0.1, 0.15) is 0 Å². The molecule has 0 radical (unpaired) electrons. The molecule has 7 heteroatoms. The van der Waals surface area contributed by atoms with Gasteiger partial charge in [0.05, 0.1) is 46.2 Å². The summed E-state index contributed by atoms with van der Waals surface area (Å²) in [6, 6.07) is 0. The number of hydrogen-bond donors (Lipinski definition) is 4. The standard InChI is InChI=1S/C18H40N2O5/c21-12-17-23-15-10-19-9-7-5-3-1-2-4-6-8-14-25-20-11-16-24-18-13-22/h19-22H,1-18H2. The maximum Gasteiger partial charge on any atom is 0.0698 e. The second kappa shape index (κ2) is 23.7. The number of rotatable bonds is 22. The van der Waals surface area contributed by atoms with Crippen molar-refractivity contribution in [3.05, 3.63) is 0 Å². The first kappa shape index (κ1) is 24.7. The zero-order valence-corrected chi connectivity index (χ0v) is 15.8. The third-order valence-corrected chi connectivity index (χ3v) is 3.69. The van der Waals surface area contributed by atoms with Crippen LogP contribution in [0.1, 0.15) is 51.4 Å². The molecule has 0 aromatic heterocycles. The van der Waals surface area contributed by atoms with Crippen molar-refractivity contribution in [2.75, 3.05) is 65.9 Å². The van der Waals surface area contributed by atoms with E-state index in [0.717, 1.165) is 26.1 Å². The summed E-state index contributed by atoms with van der Waals surface area (Å²) in [4.78, 5) is 5.31. The largest absolute Gasteiger partial charge is 0.394 e.